The van der Waals surface area contributed by atoms with E-state index < -0.39 is 27.9 Å². The van der Waals surface area contributed by atoms with Crippen molar-refractivity contribution in [1.82, 2.24) is 4.31 Å². The molecule has 1 saturated heterocycles. The summed E-state index contributed by atoms with van der Waals surface area (Å²) in [6.45, 7) is -0.230. The van der Waals surface area contributed by atoms with Crippen LogP contribution in [0.5, 0.6) is 0 Å². The van der Waals surface area contributed by atoms with Crippen LogP contribution in [0.3, 0.4) is 0 Å². The van der Waals surface area contributed by atoms with Crippen LogP contribution >= 0.6 is 11.8 Å². The van der Waals surface area contributed by atoms with Gasteiger partial charge in [-0.05, 0) is 18.2 Å². The highest BCUT2D eigenvalue weighted by atomic mass is 32.2. The van der Waals surface area contributed by atoms with E-state index in [1.807, 2.05) is 0 Å². The van der Waals surface area contributed by atoms with Crippen molar-refractivity contribution in [3.8, 4) is 0 Å². The van der Waals surface area contributed by atoms with Crippen LogP contribution in [0, 0.1) is 5.82 Å². The maximum Gasteiger partial charge on any atom is 0.325 e. The summed E-state index contributed by atoms with van der Waals surface area (Å²) in [7, 11) is -3.79. The van der Waals surface area contributed by atoms with Crippen LogP contribution < -0.4 is 0 Å². The fourth-order valence-corrected chi connectivity index (χ4v) is 5.58. The lowest BCUT2D eigenvalue weighted by molar-refractivity contribution is -0.148. The zero-order valence-electron chi connectivity index (χ0n) is 13.2. The lowest BCUT2D eigenvalue weighted by atomic mass is 10.2. The third-order valence-corrected chi connectivity index (χ3v) is 6.84. The maximum absolute atomic E-state index is 13.6. The number of esters is 1. The third-order valence-electron chi connectivity index (χ3n) is 3.79. The number of hydrogen-bond acceptors (Lipinski definition) is 5. The smallest absolute Gasteiger partial charge is 0.325 e. The Labute approximate surface area is 149 Å². The molecular formula is C17H16FNO4S2. The Hall–Kier alpha value is -1.90. The minimum atomic E-state index is -3.79. The Balaban J connectivity index is 1.73. The Morgan fingerprint density at radius 3 is 2.56 bits per heavy atom. The Morgan fingerprint density at radius 1 is 1.16 bits per heavy atom. The number of nitrogens with zero attached hydrogens (tertiary/aromatic N) is 1. The summed E-state index contributed by atoms with van der Waals surface area (Å²) < 4.78 is 45.3. The molecule has 3 rings (SSSR count). The van der Waals surface area contributed by atoms with E-state index in [9.17, 15) is 17.6 Å². The molecule has 0 N–H and O–H groups in total. The molecule has 1 fully saturated rings. The minimum absolute atomic E-state index is 0.129. The number of carbonyl (C=O) groups is 1. The maximum atomic E-state index is 13.6. The second kappa shape index (κ2) is 7.55. The molecule has 2 aromatic rings. The lowest BCUT2D eigenvalue weighted by Gasteiger charge is -2.22. The van der Waals surface area contributed by atoms with Crippen molar-refractivity contribution in [1.29, 1.82) is 0 Å². The summed E-state index contributed by atoms with van der Waals surface area (Å²) in [6, 6.07) is 13.0. The first-order chi connectivity index (χ1) is 12.0. The van der Waals surface area contributed by atoms with Crippen LogP contribution in [0.2, 0.25) is 0 Å². The first-order valence-corrected chi connectivity index (χ1v) is 10.1. The molecule has 1 aliphatic heterocycles. The van der Waals surface area contributed by atoms with Gasteiger partial charge in [0.1, 0.15) is 18.5 Å². The van der Waals surface area contributed by atoms with Gasteiger partial charge < -0.3 is 4.74 Å². The Kier molecular flexibility index (Phi) is 5.41. The predicted molar refractivity (Wildman–Crippen MR) is 92.8 cm³/mol. The molecule has 0 aromatic heterocycles. The number of sulfonamides is 1. The molecule has 0 bridgehead atoms. The fraction of sp³-hybridized carbons (Fsp3) is 0.235. The molecule has 1 atom stereocenters. The van der Waals surface area contributed by atoms with E-state index >= 15 is 0 Å². The van der Waals surface area contributed by atoms with Crippen molar-refractivity contribution in [3.63, 3.8) is 0 Å². The van der Waals surface area contributed by atoms with Gasteiger partial charge in [-0.2, -0.15) is 4.31 Å². The number of ether oxygens (including phenoxy) is 1. The lowest BCUT2D eigenvalue weighted by Crippen LogP contribution is -2.42. The summed E-state index contributed by atoms with van der Waals surface area (Å²) >= 11 is 1.34. The van der Waals surface area contributed by atoms with Gasteiger partial charge in [-0.1, -0.05) is 36.4 Å². The van der Waals surface area contributed by atoms with Gasteiger partial charge >= 0.3 is 5.97 Å². The first-order valence-electron chi connectivity index (χ1n) is 7.55. The monoisotopic (exact) mass is 381 g/mol. The molecule has 0 saturated carbocycles. The molecule has 0 radical (unpaired) electrons. The van der Waals surface area contributed by atoms with Crippen LogP contribution in [-0.2, 0) is 26.2 Å². The highest BCUT2D eigenvalue weighted by molar-refractivity contribution is 8.00. The van der Waals surface area contributed by atoms with Gasteiger partial charge in [0.2, 0.25) is 10.0 Å². The van der Waals surface area contributed by atoms with Crippen LogP contribution in [0.25, 0.3) is 0 Å². The van der Waals surface area contributed by atoms with Crippen molar-refractivity contribution >= 4 is 27.8 Å². The van der Waals surface area contributed by atoms with Crippen LogP contribution in [0.4, 0.5) is 4.39 Å². The second-order valence-electron chi connectivity index (χ2n) is 5.42. The van der Waals surface area contributed by atoms with Crippen molar-refractivity contribution in [2.45, 2.75) is 17.5 Å². The van der Waals surface area contributed by atoms with Gasteiger partial charge in [-0.3, -0.25) is 4.79 Å². The highest BCUT2D eigenvalue weighted by Crippen LogP contribution is 2.29. The topological polar surface area (TPSA) is 63.7 Å². The summed E-state index contributed by atoms with van der Waals surface area (Å²) in [4.78, 5) is 12.5. The number of thioether (sulfide) groups is 1. The van der Waals surface area contributed by atoms with Crippen LogP contribution in [0.15, 0.2) is 59.5 Å². The molecule has 8 heteroatoms. The van der Waals surface area contributed by atoms with Crippen molar-refractivity contribution in [2.75, 3.05) is 11.6 Å². The normalized spacial score (nSPS) is 18.2. The molecule has 2 aromatic carbocycles. The van der Waals surface area contributed by atoms with Crippen LogP contribution in [-0.4, -0.2) is 36.4 Å². The summed E-state index contributed by atoms with van der Waals surface area (Å²) in [5.74, 6) is -0.656. The summed E-state index contributed by atoms with van der Waals surface area (Å²) in [5.41, 5.74) is 0.249. The Morgan fingerprint density at radius 2 is 1.84 bits per heavy atom. The second-order valence-corrected chi connectivity index (χ2v) is 8.31. The van der Waals surface area contributed by atoms with Gasteiger partial charge in [0.05, 0.1) is 10.8 Å². The third kappa shape index (κ3) is 3.86. The van der Waals surface area contributed by atoms with E-state index in [-0.39, 0.29) is 22.9 Å². The predicted octanol–water partition coefficient (Wildman–Crippen LogP) is 2.63. The molecule has 1 aliphatic rings. The number of halogens is 1. The average Bonchev–Trinajstić information content (AvgIpc) is 3.12. The summed E-state index contributed by atoms with van der Waals surface area (Å²) in [6.07, 6.45) is 0. The van der Waals surface area contributed by atoms with Gasteiger partial charge in [-0.15, -0.1) is 11.8 Å². The van der Waals surface area contributed by atoms with Crippen molar-refractivity contribution in [2.24, 2.45) is 0 Å². The molecule has 0 aliphatic carbocycles. The van der Waals surface area contributed by atoms with Gasteiger partial charge in [-0.25, -0.2) is 12.8 Å². The molecule has 1 heterocycles. The van der Waals surface area contributed by atoms with Gasteiger partial charge in [0.15, 0.2) is 0 Å². The van der Waals surface area contributed by atoms with E-state index in [2.05, 4.69) is 0 Å². The standard InChI is InChI=1S/C17H16FNO4S2/c18-15-9-5-4-6-13(15)10-23-17(20)16-11-24-12-19(16)25(21,22)14-7-2-1-3-8-14/h1-9,16H,10-12H2/t16-/m0/s1. The van der Waals surface area contributed by atoms with Gasteiger partial charge in [0.25, 0.3) is 0 Å². The molecule has 0 amide bonds. The molecule has 0 spiro atoms. The first kappa shape index (κ1) is 17.9. The minimum Gasteiger partial charge on any atom is -0.459 e. The summed E-state index contributed by atoms with van der Waals surface area (Å²) in [5, 5.41) is 0. The molecule has 132 valence electrons. The van der Waals surface area contributed by atoms with Crippen molar-refractivity contribution < 1.29 is 22.3 Å². The van der Waals surface area contributed by atoms with Crippen LogP contribution in [0.1, 0.15) is 5.56 Å². The number of rotatable bonds is 5. The largest absolute Gasteiger partial charge is 0.459 e. The zero-order valence-corrected chi connectivity index (χ0v) is 14.8. The van der Waals surface area contributed by atoms with E-state index in [0.717, 1.165) is 4.31 Å². The van der Waals surface area contributed by atoms with E-state index in [1.54, 1.807) is 30.3 Å². The molecular weight excluding hydrogens is 365 g/mol. The Bertz CT molecular complexity index is 858. The number of hydrogen-bond donors (Lipinski definition) is 0. The molecule has 25 heavy (non-hydrogen) atoms. The average molecular weight is 381 g/mol. The number of benzene rings is 2. The van der Waals surface area contributed by atoms with E-state index in [0.29, 0.717) is 5.75 Å². The number of carbonyl (C=O) groups excluding carboxylic acids is 1. The molecule has 0 unspecified atom stereocenters. The SMILES string of the molecule is O=C(OCc1ccccc1F)[C@@H]1CSCN1S(=O)(=O)c1ccccc1. The van der Waals surface area contributed by atoms with E-state index in [4.69, 9.17) is 4.74 Å². The van der Waals surface area contributed by atoms with Crippen molar-refractivity contribution in [3.05, 3.63) is 66.0 Å². The fourth-order valence-electron chi connectivity index (χ4n) is 2.44. The quantitative estimate of drug-likeness (QED) is 0.745. The van der Waals surface area contributed by atoms with Gasteiger partial charge in [0, 0.05) is 11.3 Å². The zero-order chi connectivity index (χ0) is 17.9. The van der Waals surface area contributed by atoms with E-state index in [1.165, 1.54) is 36.0 Å². The molecule has 5 nitrogen and oxygen atoms in total. The highest BCUT2D eigenvalue weighted by Gasteiger charge is 2.41.